The molecule has 1 aliphatic carbocycles. The number of hydrogen-bond donors (Lipinski definition) is 1. The van der Waals surface area contributed by atoms with Crippen LogP contribution in [0.1, 0.15) is 32.6 Å². The van der Waals surface area contributed by atoms with Crippen molar-refractivity contribution >= 4 is 34.6 Å². The maximum absolute atomic E-state index is 12.8. The molecule has 4 rings (SSSR count). The zero-order valence-electron chi connectivity index (χ0n) is 16.7. The van der Waals surface area contributed by atoms with E-state index in [9.17, 15) is 19.7 Å². The molecule has 1 saturated carbocycles. The molecular formula is C22H23N3O5. The van der Waals surface area contributed by atoms with Crippen LogP contribution in [0.3, 0.4) is 0 Å². The Morgan fingerprint density at radius 1 is 1.07 bits per heavy atom. The third kappa shape index (κ3) is 3.60. The van der Waals surface area contributed by atoms with E-state index in [2.05, 4.69) is 5.32 Å². The highest BCUT2D eigenvalue weighted by molar-refractivity contribution is 6.22. The van der Waals surface area contributed by atoms with Crippen LogP contribution in [-0.4, -0.2) is 23.3 Å². The van der Waals surface area contributed by atoms with Crippen LogP contribution in [0, 0.1) is 22.0 Å². The Bertz CT molecular complexity index is 965. The number of carbonyl (C=O) groups excluding carboxylic acids is 2. The van der Waals surface area contributed by atoms with Crippen LogP contribution in [0.15, 0.2) is 42.5 Å². The predicted octanol–water partition coefficient (Wildman–Crippen LogP) is 4.42. The quantitative estimate of drug-likeness (QED) is 0.431. The van der Waals surface area contributed by atoms with Gasteiger partial charge >= 0.3 is 0 Å². The van der Waals surface area contributed by atoms with E-state index in [1.807, 2.05) is 6.92 Å². The lowest BCUT2D eigenvalue weighted by molar-refractivity contribution is -0.383. The average Bonchev–Trinajstić information content (AvgIpc) is 3.00. The lowest BCUT2D eigenvalue weighted by Gasteiger charge is -2.19. The minimum atomic E-state index is -0.515. The Morgan fingerprint density at radius 2 is 1.70 bits per heavy atom. The van der Waals surface area contributed by atoms with E-state index in [1.54, 1.807) is 30.3 Å². The van der Waals surface area contributed by atoms with Crippen LogP contribution in [0.25, 0.3) is 0 Å². The third-order valence-corrected chi connectivity index (χ3v) is 5.72. The van der Waals surface area contributed by atoms with Gasteiger partial charge in [0, 0.05) is 11.8 Å². The number of amides is 2. The van der Waals surface area contributed by atoms with Gasteiger partial charge in [0.05, 0.1) is 29.1 Å². The molecule has 1 saturated heterocycles. The molecule has 1 N–H and O–H groups in total. The fourth-order valence-electron chi connectivity index (χ4n) is 4.29. The van der Waals surface area contributed by atoms with E-state index in [4.69, 9.17) is 4.74 Å². The van der Waals surface area contributed by atoms with Crippen LogP contribution in [0.2, 0.25) is 0 Å². The molecule has 2 fully saturated rings. The van der Waals surface area contributed by atoms with E-state index in [0.29, 0.717) is 30.9 Å². The van der Waals surface area contributed by atoms with Gasteiger partial charge in [0.2, 0.25) is 11.8 Å². The highest BCUT2D eigenvalue weighted by Crippen LogP contribution is 2.41. The predicted molar refractivity (Wildman–Crippen MR) is 112 cm³/mol. The molecule has 8 heteroatoms. The smallest absolute Gasteiger partial charge is 0.294 e. The summed E-state index contributed by atoms with van der Waals surface area (Å²) in [4.78, 5) is 37.9. The number of carbonyl (C=O) groups is 2. The van der Waals surface area contributed by atoms with E-state index in [0.717, 1.165) is 17.7 Å². The minimum Gasteiger partial charge on any atom is -0.494 e. The summed E-state index contributed by atoms with van der Waals surface area (Å²) >= 11 is 0. The molecule has 30 heavy (non-hydrogen) atoms. The number of benzene rings is 2. The summed E-state index contributed by atoms with van der Waals surface area (Å²) < 4.78 is 5.40. The fourth-order valence-corrected chi connectivity index (χ4v) is 4.29. The number of nitrogens with one attached hydrogen (secondary N) is 1. The highest BCUT2D eigenvalue weighted by atomic mass is 16.6. The number of hydrogen-bond acceptors (Lipinski definition) is 6. The van der Waals surface area contributed by atoms with Crippen LogP contribution in [-0.2, 0) is 9.59 Å². The Labute approximate surface area is 174 Å². The van der Waals surface area contributed by atoms with Crippen LogP contribution < -0.4 is 15.0 Å². The lowest BCUT2D eigenvalue weighted by Crippen LogP contribution is -2.30. The largest absolute Gasteiger partial charge is 0.494 e. The van der Waals surface area contributed by atoms with Crippen molar-refractivity contribution in [2.75, 3.05) is 16.8 Å². The van der Waals surface area contributed by atoms with Gasteiger partial charge in [-0.15, -0.1) is 0 Å². The van der Waals surface area contributed by atoms with Crippen LogP contribution >= 0.6 is 0 Å². The summed E-state index contributed by atoms with van der Waals surface area (Å²) in [6.45, 7) is 2.44. The molecule has 2 aromatic carbocycles. The van der Waals surface area contributed by atoms with Gasteiger partial charge in [0.15, 0.2) is 0 Å². The second kappa shape index (κ2) is 8.14. The van der Waals surface area contributed by atoms with Gasteiger partial charge in [-0.3, -0.25) is 19.7 Å². The first-order valence-corrected chi connectivity index (χ1v) is 10.2. The van der Waals surface area contributed by atoms with Crippen molar-refractivity contribution in [3.63, 3.8) is 0 Å². The molecule has 2 aliphatic rings. The SMILES string of the molecule is CCOc1ccc(Nc2ccc(N3C(=O)[C@@H]4CCCC[C@H]4C3=O)cc2[N+](=O)[O-])cc1. The summed E-state index contributed by atoms with van der Waals surface area (Å²) in [6.07, 6.45) is 3.26. The Kier molecular flexibility index (Phi) is 5.39. The maximum Gasteiger partial charge on any atom is 0.294 e. The minimum absolute atomic E-state index is 0.197. The molecule has 0 spiro atoms. The zero-order chi connectivity index (χ0) is 21.3. The first kappa shape index (κ1) is 19.9. The van der Waals surface area contributed by atoms with Crippen molar-refractivity contribution in [1.29, 1.82) is 0 Å². The van der Waals surface area contributed by atoms with Crippen molar-refractivity contribution in [3.05, 3.63) is 52.6 Å². The monoisotopic (exact) mass is 409 g/mol. The summed E-state index contributed by atoms with van der Waals surface area (Å²) in [5.74, 6) is -0.378. The highest BCUT2D eigenvalue weighted by Gasteiger charge is 2.49. The summed E-state index contributed by atoms with van der Waals surface area (Å²) in [5, 5.41) is 14.7. The first-order chi connectivity index (χ1) is 14.5. The number of anilines is 3. The van der Waals surface area contributed by atoms with Gasteiger partial charge < -0.3 is 10.1 Å². The maximum atomic E-state index is 12.8. The molecule has 1 heterocycles. The van der Waals surface area contributed by atoms with Gasteiger partial charge in [0.1, 0.15) is 11.4 Å². The Balaban J connectivity index is 1.61. The molecule has 156 valence electrons. The van der Waals surface area contributed by atoms with Crippen molar-refractivity contribution in [1.82, 2.24) is 0 Å². The van der Waals surface area contributed by atoms with Gasteiger partial charge in [-0.2, -0.15) is 0 Å². The molecule has 8 nitrogen and oxygen atoms in total. The Hall–Kier alpha value is -3.42. The topological polar surface area (TPSA) is 102 Å². The number of nitrogens with zero attached hydrogens (tertiary/aromatic N) is 2. The van der Waals surface area contributed by atoms with E-state index in [-0.39, 0.29) is 40.7 Å². The number of imide groups is 1. The Morgan fingerprint density at radius 3 is 2.27 bits per heavy atom. The van der Waals surface area contributed by atoms with Crippen molar-refractivity contribution < 1.29 is 19.2 Å². The summed E-state index contributed by atoms with van der Waals surface area (Å²) in [5.41, 5.74) is 0.998. The third-order valence-electron chi connectivity index (χ3n) is 5.72. The lowest BCUT2D eigenvalue weighted by atomic mass is 9.81. The van der Waals surface area contributed by atoms with E-state index in [1.165, 1.54) is 12.1 Å². The number of rotatable bonds is 6. The normalized spacial score (nSPS) is 20.8. The van der Waals surface area contributed by atoms with Gasteiger partial charge in [-0.1, -0.05) is 12.8 Å². The molecule has 2 aromatic rings. The van der Waals surface area contributed by atoms with E-state index >= 15 is 0 Å². The number of ether oxygens (including phenoxy) is 1. The molecule has 0 bridgehead atoms. The second-order valence-electron chi connectivity index (χ2n) is 7.55. The molecular weight excluding hydrogens is 386 g/mol. The van der Waals surface area contributed by atoms with Crippen LogP contribution in [0.4, 0.5) is 22.7 Å². The van der Waals surface area contributed by atoms with Gasteiger partial charge in [-0.25, -0.2) is 4.90 Å². The molecule has 0 radical (unpaired) electrons. The zero-order valence-corrected chi connectivity index (χ0v) is 16.7. The molecule has 0 aromatic heterocycles. The van der Waals surface area contributed by atoms with Crippen molar-refractivity contribution in [2.45, 2.75) is 32.6 Å². The number of fused-ring (bicyclic) bond motifs is 1. The number of nitro benzene ring substituents is 1. The summed E-state index contributed by atoms with van der Waals surface area (Å²) in [6, 6.07) is 11.5. The molecule has 0 unspecified atom stereocenters. The molecule has 2 amide bonds. The number of nitro groups is 1. The van der Waals surface area contributed by atoms with E-state index < -0.39 is 4.92 Å². The van der Waals surface area contributed by atoms with Gasteiger partial charge in [-0.05, 0) is 56.2 Å². The summed E-state index contributed by atoms with van der Waals surface area (Å²) in [7, 11) is 0. The average molecular weight is 409 g/mol. The van der Waals surface area contributed by atoms with Crippen molar-refractivity contribution in [3.8, 4) is 5.75 Å². The van der Waals surface area contributed by atoms with Gasteiger partial charge in [0.25, 0.3) is 5.69 Å². The second-order valence-corrected chi connectivity index (χ2v) is 7.55. The standard InChI is InChI=1S/C22H23N3O5/c1-2-30-16-10-7-14(8-11-16)23-19-12-9-15(13-20(19)25(28)29)24-21(26)17-5-3-4-6-18(17)22(24)27/h7-13,17-18,23H,2-6H2,1H3/t17-,18-/m1/s1. The van der Waals surface area contributed by atoms with Crippen LogP contribution in [0.5, 0.6) is 5.75 Å². The van der Waals surface area contributed by atoms with Crippen molar-refractivity contribution in [2.24, 2.45) is 11.8 Å². The molecule has 1 aliphatic heterocycles. The molecule has 2 atom stereocenters. The first-order valence-electron chi connectivity index (χ1n) is 10.2. The fraction of sp³-hybridized carbons (Fsp3) is 0.364.